The maximum Gasteiger partial charge on any atom is 0.313 e. The summed E-state index contributed by atoms with van der Waals surface area (Å²) in [6.07, 6.45) is 5.57. The number of esters is 1. The zero-order valence-electron chi connectivity index (χ0n) is 14.5. The van der Waals surface area contributed by atoms with Gasteiger partial charge in [0.2, 0.25) is 0 Å². The van der Waals surface area contributed by atoms with E-state index in [1.165, 1.54) is 24.0 Å². The Hall–Kier alpha value is -1.35. The molecule has 0 aromatic heterocycles. The van der Waals surface area contributed by atoms with Crippen molar-refractivity contribution >= 4 is 5.97 Å². The number of carbonyl (C=O) groups is 1. The fourth-order valence-electron chi connectivity index (χ4n) is 3.89. The lowest BCUT2D eigenvalue weighted by molar-refractivity contribution is -0.159. The maximum absolute atomic E-state index is 12.8. The molecule has 1 aromatic rings. The molecule has 0 unspecified atom stereocenters. The van der Waals surface area contributed by atoms with Crippen molar-refractivity contribution in [2.24, 2.45) is 11.3 Å². The van der Waals surface area contributed by atoms with Gasteiger partial charge >= 0.3 is 5.97 Å². The van der Waals surface area contributed by atoms with Crippen LogP contribution in [0.15, 0.2) is 24.3 Å². The topological polar surface area (TPSA) is 29.5 Å². The van der Waals surface area contributed by atoms with Crippen molar-refractivity contribution < 1.29 is 9.53 Å². The molecule has 1 atom stereocenters. The summed E-state index contributed by atoms with van der Waals surface area (Å²) in [5, 5.41) is 0. The minimum atomic E-state index is -0.366. The van der Waals surface area contributed by atoms with E-state index in [1.54, 1.807) is 0 Å². The van der Waals surface area contributed by atoms with E-state index in [4.69, 9.17) is 4.74 Å². The highest BCUT2D eigenvalue weighted by Gasteiger charge is 2.44. The van der Waals surface area contributed by atoms with Gasteiger partial charge in [0.15, 0.2) is 0 Å². The minimum Gasteiger partial charge on any atom is -0.466 e. The van der Waals surface area contributed by atoms with E-state index >= 15 is 0 Å². The summed E-state index contributed by atoms with van der Waals surface area (Å²) >= 11 is 0. The number of benzene rings is 1. The average molecular weight is 315 g/mol. The Balaban J connectivity index is 1.81. The van der Waals surface area contributed by atoms with E-state index < -0.39 is 0 Å². The zero-order valence-corrected chi connectivity index (χ0v) is 14.5. The maximum atomic E-state index is 12.8. The minimum absolute atomic E-state index is 0.00347. The standard InChI is InChI=1S/C20H29NO2/c1-3-23-19(22)20(13-18-8-5-4-7-16(18)2)11-6-12-21(15-20)14-17-9-10-17/h4-5,7-8,17H,3,6,9-15H2,1-2H3/t20-/m1/s1. The van der Waals surface area contributed by atoms with Crippen molar-refractivity contribution in [2.75, 3.05) is 26.2 Å². The van der Waals surface area contributed by atoms with Crippen molar-refractivity contribution in [3.63, 3.8) is 0 Å². The third kappa shape index (κ3) is 3.95. The molecule has 1 saturated carbocycles. The molecule has 1 aliphatic heterocycles. The third-order valence-corrected chi connectivity index (χ3v) is 5.37. The number of nitrogens with zero attached hydrogens (tertiary/aromatic N) is 1. The van der Waals surface area contributed by atoms with Crippen LogP contribution in [0.25, 0.3) is 0 Å². The molecule has 2 fully saturated rings. The first kappa shape index (κ1) is 16.5. The van der Waals surface area contributed by atoms with Crippen molar-refractivity contribution in [3.05, 3.63) is 35.4 Å². The second kappa shape index (κ2) is 7.04. The second-order valence-corrected chi connectivity index (χ2v) is 7.39. The predicted molar refractivity (Wildman–Crippen MR) is 92.3 cm³/mol. The van der Waals surface area contributed by atoms with Crippen LogP contribution in [-0.4, -0.2) is 37.1 Å². The zero-order chi connectivity index (χ0) is 16.3. The lowest BCUT2D eigenvalue weighted by Gasteiger charge is -2.41. The molecule has 0 spiro atoms. The highest BCUT2D eigenvalue weighted by atomic mass is 16.5. The van der Waals surface area contributed by atoms with Crippen molar-refractivity contribution in [1.29, 1.82) is 0 Å². The van der Waals surface area contributed by atoms with Crippen LogP contribution in [0.2, 0.25) is 0 Å². The Morgan fingerprint density at radius 3 is 2.83 bits per heavy atom. The van der Waals surface area contributed by atoms with Gasteiger partial charge in [-0.25, -0.2) is 0 Å². The van der Waals surface area contributed by atoms with E-state index in [0.717, 1.165) is 44.8 Å². The number of carbonyl (C=O) groups excluding carboxylic acids is 1. The molecule has 0 amide bonds. The number of aryl methyl sites for hydroxylation is 1. The number of hydrogen-bond donors (Lipinski definition) is 0. The molecule has 3 rings (SSSR count). The van der Waals surface area contributed by atoms with Crippen LogP contribution in [0.4, 0.5) is 0 Å². The average Bonchev–Trinajstić information content (AvgIpc) is 3.34. The summed E-state index contributed by atoms with van der Waals surface area (Å²) in [6.45, 7) is 7.66. The van der Waals surface area contributed by atoms with Crippen LogP contribution in [0.1, 0.15) is 43.7 Å². The highest BCUT2D eigenvalue weighted by Crippen LogP contribution is 2.38. The number of ether oxygens (including phenoxy) is 1. The quantitative estimate of drug-likeness (QED) is 0.751. The monoisotopic (exact) mass is 315 g/mol. The van der Waals surface area contributed by atoms with Crippen LogP contribution < -0.4 is 0 Å². The molecular weight excluding hydrogens is 286 g/mol. The van der Waals surface area contributed by atoms with Gasteiger partial charge in [0.25, 0.3) is 0 Å². The molecule has 23 heavy (non-hydrogen) atoms. The molecule has 2 aliphatic rings. The van der Waals surface area contributed by atoms with E-state index in [0.29, 0.717) is 6.61 Å². The molecular formula is C20H29NO2. The summed E-state index contributed by atoms with van der Waals surface area (Å²) in [7, 11) is 0. The van der Waals surface area contributed by atoms with Gasteiger partial charge in [-0.2, -0.15) is 0 Å². The molecule has 126 valence electrons. The highest BCUT2D eigenvalue weighted by molar-refractivity contribution is 5.78. The Morgan fingerprint density at radius 2 is 2.13 bits per heavy atom. The molecule has 3 nitrogen and oxygen atoms in total. The Bertz CT molecular complexity index is 552. The van der Waals surface area contributed by atoms with Crippen LogP contribution in [0.3, 0.4) is 0 Å². The lowest BCUT2D eigenvalue weighted by atomic mass is 9.74. The first-order valence-electron chi connectivity index (χ1n) is 9.07. The molecule has 1 heterocycles. The second-order valence-electron chi connectivity index (χ2n) is 7.39. The van der Waals surface area contributed by atoms with E-state index in [1.807, 2.05) is 6.92 Å². The molecule has 1 aromatic carbocycles. The lowest BCUT2D eigenvalue weighted by Crippen LogP contribution is -2.50. The molecule has 3 heteroatoms. The Labute approximate surface area is 140 Å². The number of likely N-dealkylation sites (tertiary alicyclic amines) is 1. The van der Waals surface area contributed by atoms with Crippen LogP contribution >= 0.6 is 0 Å². The molecule has 0 bridgehead atoms. The molecule has 1 saturated heterocycles. The number of rotatable bonds is 6. The van der Waals surface area contributed by atoms with Gasteiger partial charge in [-0.1, -0.05) is 24.3 Å². The van der Waals surface area contributed by atoms with Crippen molar-refractivity contribution in [2.45, 2.75) is 46.0 Å². The number of piperidine rings is 1. The van der Waals surface area contributed by atoms with Gasteiger partial charge in [-0.15, -0.1) is 0 Å². The summed E-state index contributed by atoms with van der Waals surface area (Å²) < 4.78 is 5.50. The van der Waals surface area contributed by atoms with Crippen LogP contribution in [-0.2, 0) is 16.0 Å². The molecule has 0 radical (unpaired) electrons. The summed E-state index contributed by atoms with van der Waals surface area (Å²) in [6, 6.07) is 8.44. The van der Waals surface area contributed by atoms with Gasteiger partial charge in [-0.3, -0.25) is 4.79 Å². The fraction of sp³-hybridized carbons (Fsp3) is 0.650. The van der Waals surface area contributed by atoms with E-state index in [9.17, 15) is 4.79 Å². The van der Waals surface area contributed by atoms with E-state index in [2.05, 4.69) is 36.1 Å². The summed E-state index contributed by atoms with van der Waals surface area (Å²) in [5.41, 5.74) is 2.19. The Morgan fingerprint density at radius 1 is 1.35 bits per heavy atom. The fourth-order valence-corrected chi connectivity index (χ4v) is 3.89. The summed E-state index contributed by atoms with van der Waals surface area (Å²) in [4.78, 5) is 15.3. The normalized spacial score (nSPS) is 25.3. The summed E-state index contributed by atoms with van der Waals surface area (Å²) in [5.74, 6) is 0.871. The third-order valence-electron chi connectivity index (χ3n) is 5.37. The van der Waals surface area contributed by atoms with Gasteiger partial charge in [-0.05, 0) is 69.5 Å². The largest absolute Gasteiger partial charge is 0.466 e. The van der Waals surface area contributed by atoms with Gasteiger partial charge in [0.05, 0.1) is 12.0 Å². The van der Waals surface area contributed by atoms with Crippen molar-refractivity contribution in [1.82, 2.24) is 4.90 Å². The Kier molecular flexibility index (Phi) is 5.05. The smallest absolute Gasteiger partial charge is 0.313 e. The molecule has 0 N–H and O–H groups in total. The van der Waals surface area contributed by atoms with Gasteiger partial charge in [0.1, 0.15) is 0 Å². The van der Waals surface area contributed by atoms with Gasteiger partial charge in [0, 0.05) is 13.1 Å². The number of hydrogen-bond acceptors (Lipinski definition) is 3. The molecule has 1 aliphatic carbocycles. The van der Waals surface area contributed by atoms with Crippen LogP contribution in [0.5, 0.6) is 0 Å². The predicted octanol–water partition coefficient (Wildman–Crippen LogP) is 3.59. The van der Waals surface area contributed by atoms with Crippen molar-refractivity contribution in [3.8, 4) is 0 Å². The first-order valence-corrected chi connectivity index (χ1v) is 9.07. The first-order chi connectivity index (χ1) is 11.1. The van der Waals surface area contributed by atoms with E-state index in [-0.39, 0.29) is 11.4 Å². The SMILES string of the molecule is CCOC(=O)[C@@]1(Cc2ccccc2C)CCCN(CC2CC2)C1. The van der Waals surface area contributed by atoms with Crippen LogP contribution in [0, 0.1) is 18.3 Å². The van der Waals surface area contributed by atoms with Gasteiger partial charge < -0.3 is 9.64 Å².